The SMILES string of the molecule is CCOC(=O)c1ccc(NC(=O)NC(C)C(C)C)cc1. The lowest BCUT2D eigenvalue weighted by molar-refractivity contribution is 0.0526. The van der Waals surface area contributed by atoms with E-state index in [1.54, 1.807) is 31.2 Å². The number of amides is 2. The first-order valence-corrected chi connectivity index (χ1v) is 6.78. The molecule has 0 spiro atoms. The normalized spacial score (nSPS) is 11.8. The lowest BCUT2D eigenvalue weighted by atomic mass is 10.1. The number of rotatable bonds is 5. The fourth-order valence-corrected chi connectivity index (χ4v) is 1.44. The van der Waals surface area contributed by atoms with E-state index in [2.05, 4.69) is 10.6 Å². The average molecular weight is 278 g/mol. The first kappa shape index (κ1) is 16.0. The van der Waals surface area contributed by atoms with Crippen LogP contribution in [0.3, 0.4) is 0 Å². The number of carbonyl (C=O) groups is 2. The van der Waals surface area contributed by atoms with Crippen molar-refractivity contribution >= 4 is 17.7 Å². The summed E-state index contributed by atoms with van der Waals surface area (Å²) in [5.41, 5.74) is 1.10. The quantitative estimate of drug-likeness (QED) is 0.813. The van der Waals surface area contributed by atoms with Crippen molar-refractivity contribution in [2.45, 2.75) is 33.7 Å². The minimum absolute atomic E-state index is 0.0915. The predicted molar refractivity (Wildman–Crippen MR) is 78.9 cm³/mol. The number of anilines is 1. The Morgan fingerprint density at radius 3 is 2.25 bits per heavy atom. The zero-order chi connectivity index (χ0) is 15.1. The largest absolute Gasteiger partial charge is 0.462 e. The summed E-state index contributed by atoms with van der Waals surface area (Å²) in [6.45, 7) is 8.13. The number of ether oxygens (including phenoxy) is 1. The molecule has 0 fully saturated rings. The zero-order valence-corrected chi connectivity index (χ0v) is 12.4. The molecule has 110 valence electrons. The van der Waals surface area contributed by atoms with Gasteiger partial charge in [0.1, 0.15) is 0 Å². The van der Waals surface area contributed by atoms with Gasteiger partial charge in [0.25, 0.3) is 0 Å². The smallest absolute Gasteiger partial charge is 0.338 e. The summed E-state index contributed by atoms with van der Waals surface area (Å²) >= 11 is 0. The van der Waals surface area contributed by atoms with Crippen LogP contribution in [0.2, 0.25) is 0 Å². The molecule has 2 N–H and O–H groups in total. The molecule has 2 amide bonds. The standard InChI is InChI=1S/C15H22N2O3/c1-5-20-14(18)12-6-8-13(9-7-12)17-15(19)16-11(4)10(2)3/h6-11H,5H2,1-4H3,(H2,16,17,19). The zero-order valence-electron chi connectivity index (χ0n) is 12.4. The first-order chi connectivity index (χ1) is 9.43. The molecule has 5 heteroatoms. The molecule has 1 atom stereocenters. The van der Waals surface area contributed by atoms with Gasteiger partial charge in [-0.3, -0.25) is 0 Å². The van der Waals surface area contributed by atoms with E-state index < -0.39 is 0 Å². The van der Waals surface area contributed by atoms with E-state index in [-0.39, 0.29) is 18.0 Å². The summed E-state index contributed by atoms with van der Waals surface area (Å²) in [5, 5.41) is 5.57. The number of esters is 1. The summed E-state index contributed by atoms with van der Waals surface area (Å²) < 4.78 is 4.89. The van der Waals surface area contributed by atoms with Crippen LogP contribution in [-0.4, -0.2) is 24.6 Å². The molecule has 0 radical (unpaired) electrons. The maximum atomic E-state index is 11.7. The van der Waals surface area contributed by atoms with Crippen molar-refractivity contribution < 1.29 is 14.3 Å². The monoisotopic (exact) mass is 278 g/mol. The molecule has 0 saturated carbocycles. The Bertz CT molecular complexity index is 455. The second-order valence-electron chi connectivity index (χ2n) is 4.93. The third-order valence-corrected chi connectivity index (χ3v) is 3.01. The van der Waals surface area contributed by atoms with E-state index in [1.807, 2.05) is 20.8 Å². The van der Waals surface area contributed by atoms with Crippen LogP contribution in [0.4, 0.5) is 10.5 Å². The highest BCUT2D eigenvalue weighted by molar-refractivity contribution is 5.92. The minimum Gasteiger partial charge on any atom is -0.462 e. The predicted octanol–water partition coefficient (Wildman–Crippen LogP) is 3.03. The summed E-state index contributed by atoms with van der Waals surface area (Å²) in [5.74, 6) is 0.00358. The Hall–Kier alpha value is -2.04. The number of urea groups is 1. The molecule has 1 rings (SSSR count). The molecule has 20 heavy (non-hydrogen) atoms. The van der Waals surface area contributed by atoms with Crippen LogP contribution in [0.25, 0.3) is 0 Å². The second-order valence-corrected chi connectivity index (χ2v) is 4.93. The van der Waals surface area contributed by atoms with Crippen LogP contribution >= 0.6 is 0 Å². The molecular formula is C15H22N2O3. The molecule has 1 aromatic rings. The van der Waals surface area contributed by atoms with E-state index >= 15 is 0 Å². The second kappa shape index (κ2) is 7.53. The van der Waals surface area contributed by atoms with Crippen molar-refractivity contribution in [3.63, 3.8) is 0 Å². The molecule has 0 aliphatic carbocycles. The summed E-state index contributed by atoms with van der Waals surface area (Å²) in [6.07, 6.45) is 0. The highest BCUT2D eigenvalue weighted by atomic mass is 16.5. The minimum atomic E-state index is -0.364. The molecule has 5 nitrogen and oxygen atoms in total. The maximum absolute atomic E-state index is 11.7. The van der Waals surface area contributed by atoms with Crippen molar-refractivity contribution in [3.05, 3.63) is 29.8 Å². The number of hydrogen-bond donors (Lipinski definition) is 2. The molecule has 0 aliphatic rings. The van der Waals surface area contributed by atoms with E-state index in [4.69, 9.17) is 4.74 Å². The molecule has 1 aromatic carbocycles. The fourth-order valence-electron chi connectivity index (χ4n) is 1.44. The van der Waals surface area contributed by atoms with Crippen LogP contribution in [0.1, 0.15) is 38.1 Å². The highest BCUT2D eigenvalue weighted by Gasteiger charge is 2.11. The molecule has 0 saturated heterocycles. The van der Waals surface area contributed by atoms with E-state index in [1.165, 1.54) is 0 Å². The summed E-state index contributed by atoms with van der Waals surface area (Å²) in [7, 11) is 0. The first-order valence-electron chi connectivity index (χ1n) is 6.78. The molecule has 0 bridgehead atoms. The number of nitrogens with one attached hydrogen (secondary N) is 2. The number of hydrogen-bond acceptors (Lipinski definition) is 3. The van der Waals surface area contributed by atoms with Crippen LogP contribution in [0, 0.1) is 5.92 Å². The molecule has 0 aliphatic heterocycles. The molecule has 0 heterocycles. The van der Waals surface area contributed by atoms with Crippen molar-refractivity contribution in [2.24, 2.45) is 5.92 Å². The third kappa shape index (κ3) is 4.91. The summed E-state index contributed by atoms with van der Waals surface area (Å²) in [6, 6.07) is 6.43. The van der Waals surface area contributed by atoms with E-state index in [9.17, 15) is 9.59 Å². The highest BCUT2D eigenvalue weighted by Crippen LogP contribution is 2.11. The summed E-state index contributed by atoms with van der Waals surface area (Å²) in [4.78, 5) is 23.2. The maximum Gasteiger partial charge on any atom is 0.338 e. The Morgan fingerprint density at radius 2 is 1.75 bits per heavy atom. The van der Waals surface area contributed by atoms with Gasteiger partial charge in [-0.2, -0.15) is 0 Å². The Balaban J connectivity index is 2.57. The average Bonchev–Trinajstić information content (AvgIpc) is 2.39. The van der Waals surface area contributed by atoms with Crippen LogP contribution in [-0.2, 0) is 4.74 Å². The van der Waals surface area contributed by atoms with Crippen molar-refractivity contribution in [2.75, 3.05) is 11.9 Å². The Morgan fingerprint density at radius 1 is 1.15 bits per heavy atom. The van der Waals surface area contributed by atoms with Gasteiger partial charge in [0.05, 0.1) is 12.2 Å². The molecular weight excluding hydrogens is 256 g/mol. The van der Waals surface area contributed by atoms with Gasteiger partial charge in [-0.1, -0.05) is 13.8 Å². The fraction of sp³-hybridized carbons (Fsp3) is 0.467. The Labute approximate surface area is 119 Å². The molecule has 0 aromatic heterocycles. The van der Waals surface area contributed by atoms with Gasteiger partial charge in [-0.15, -0.1) is 0 Å². The van der Waals surface area contributed by atoms with Crippen molar-refractivity contribution in [3.8, 4) is 0 Å². The number of carbonyl (C=O) groups excluding carboxylic acids is 2. The molecule has 1 unspecified atom stereocenters. The Kier molecular flexibility index (Phi) is 6.03. The van der Waals surface area contributed by atoms with Crippen LogP contribution in [0.15, 0.2) is 24.3 Å². The van der Waals surface area contributed by atoms with Crippen LogP contribution < -0.4 is 10.6 Å². The van der Waals surface area contributed by atoms with Gasteiger partial charge < -0.3 is 15.4 Å². The topological polar surface area (TPSA) is 67.4 Å². The number of benzene rings is 1. The van der Waals surface area contributed by atoms with Gasteiger partial charge >= 0.3 is 12.0 Å². The third-order valence-electron chi connectivity index (χ3n) is 3.01. The lowest BCUT2D eigenvalue weighted by Crippen LogP contribution is -2.38. The lowest BCUT2D eigenvalue weighted by Gasteiger charge is -2.17. The van der Waals surface area contributed by atoms with E-state index in [0.717, 1.165) is 0 Å². The van der Waals surface area contributed by atoms with E-state index in [0.29, 0.717) is 23.8 Å². The van der Waals surface area contributed by atoms with Crippen LogP contribution in [0.5, 0.6) is 0 Å². The van der Waals surface area contributed by atoms with Gasteiger partial charge in [-0.05, 0) is 44.0 Å². The van der Waals surface area contributed by atoms with Gasteiger partial charge in [0.15, 0.2) is 0 Å². The van der Waals surface area contributed by atoms with Crippen molar-refractivity contribution in [1.29, 1.82) is 0 Å². The van der Waals surface area contributed by atoms with Crippen molar-refractivity contribution in [1.82, 2.24) is 5.32 Å². The van der Waals surface area contributed by atoms with Gasteiger partial charge in [0, 0.05) is 11.7 Å². The van der Waals surface area contributed by atoms with Gasteiger partial charge in [-0.25, -0.2) is 9.59 Å². The van der Waals surface area contributed by atoms with Gasteiger partial charge in [0.2, 0.25) is 0 Å².